The Kier molecular flexibility index (Phi) is 3.77. The van der Waals surface area contributed by atoms with Crippen molar-refractivity contribution in [2.45, 2.75) is 38.8 Å². The predicted molar refractivity (Wildman–Crippen MR) is 99.0 cm³/mol. The van der Waals surface area contributed by atoms with Crippen LogP contribution in [0.25, 0.3) is 17.2 Å². The zero-order chi connectivity index (χ0) is 18.2. The molecule has 1 aliphatic rings. The fourth-order valence-electron chi connectivity index (χ4n) is 3.46. The molecule has 0 fully saturated rings. The normalized spacial score (nSPS) is 14.9. The predicted octanol–water partition coefficient (Wildman–Crippen LogP) is 2.29. The summed E-state index contributed by atoms with van der Waals surface area (Å²) in [4.78, 5) is 4.35. The Hall–Kier alpha value is -3.36. The van der Waals surface area contributed by atoms with Gasteiger partial charge >= 0.3 is 0 Å². The summed E-state index contributed by atoms with van der Waals surface area (Å²) in [7, 11) is 0. The second kappa shape index (κ2) is 6.42. The zero-order valence-electron chi connectivity index (χ0n) is 14.9. The van der Waals surface area contributed by atoms with E-state index >= 15 is 0 Å². The average Bonchev–Trinajstić information content (AvgIpc) is 3.32. The van der Waals surface area contributed by atoms with Gasteiger partial charge in [0.25, 0.3) is 0 Å². The lowest BCUT2D eigenvalue weighted by molar-refractivity contribution is 0.500. The van der Waals surface area contributed by atoms with Crippen molar-refractivity contribution in [2.75, 3.05) is 5.32 Å². The van der Waals surface area contributed by atoms with Gasteiger partial charge < -0.3 is 9.88 Å². The topological polar surface area (TPSA) is 98.7 Å². The Morgan fingerprint density at radius 3 is 2.89 bits per heavy atom. The van der Waals surface area contributed by atoms with Gasteiger partial charge in [-0.2, -0.15) is 4.52 Å². The standard InChI is InChI=1S/C18H19N9/c1-12(17-23-21-15-7-3-5-11-26(15)17)20-14-8-9-16-22-24-18(27(16)25-14)13-6-2-4-10-19-13/h2,4,6,8-10,12H,3,5,7,11H2,1H3,(H,20,25). The van der Waals surface area contributed by atoms with Gasteiger partial charge in [-0.3, -0.25) is 4.98 Å². The fourth-order valence-corrected chi connectivity index (χ4v) is 3.46. The minimum atomic E-state index is -0.0101. The van der Waals surface area contributed by atoms with E-state index in [1.807, 2.05) is 30.3 Å². The smallest absolute Gasteiger partial charge is 0.203 e. The number of aromatic nitrogens is 8. The van der Waals surface area contributed by atoms with Gasteiger partial charge in [-0.05, 0) is 44.0 Å². The molecular weight excluding hydrogens is 342 g/mol. The van der Waals surface area contributed by atoms with Crippen molar-refractivity contribution in [1.82, 2.24) is 39.6 Å². The summed E-state index contributed by atoms with van der Waals surface area (Å²) < 4.78 is 3.93. The molecule has 1 atom stereocenters. The molecule has 0 saturated carbocycles. The summed E-state index contributed by atoms with van der Waals surface area (Å²) >= 11 is 0. The summed E-state index contributed by atoms with van der Waals surface area (Å²) in [5.41, 5.74) is 1.41. The van der Waals surface area contributed by atoms with Crippen LogP contribution in [0.4, 0.5) is 5.82 Å². The van der Waals surface area contributed by atoms with Crippen LogP contribution in [-0.2, 0) is 13.0 Å². The Morgan fingerprint density at radius 1 is 1.04 bits per heavy atom. The highest BCUT2D eigenvalue weighted by atomic mass is 15.4. The van der Waals surface area contributed by atoms with Gasteiger partial charge in [0.1, 0.15) is 17.3 Å². The molecule has 5 heterocycles. The first kappa shape index (κ1) is 15.9. The molecule has 0 aliphatic carbocycles. The number of hydrogen-bond donors (Lipinski definition) is 1. The minimum absolute atomic E-state index is 0.0101. The lowest BCUT2D eigenvalue weighted by Crippen LogP contribution is -2.18. The molecule has 0 aromatic carbocycles. The molecule has 5 rings (SSSR count). The van der Waals surface area contributed by atoms with Crippen molar-refractivity contribution >= 4 is 11.5 Å². The van der Waals surface area contributed by atoms with Crippen LogP contribution in [0.15, 0.2) is 36.5 Å². The number of nitrogens with zero attached hydrogens (tertiary/aromatic N) is 8. The molecule has 4 aromatic rings. The van der Waals surface area contributed by atoms with E-state index in [1.165, 1.54) is 12.8 Å². The van der Waals surface area contributed by atoms with Crippen LogP contribution in [0.2, 0.25) is 0 Å². The molecule has 0 saturated heterocycles. The van der Waals surface area contributed by atoms with Gasteiger partial charge in [-0.1, -0.05) is 6.07 Å². The molecule has 136 valence electrons. The second-order valence-electron chi connectivity index (χ2n) is 6.68. The quantitative estimate of drug-likeness (QED) is 0.595. The molecule has 9 nitrogen and oxygen atoms in total. The van der Waals surface area contributed by atoms with Gasteiger partial charge in [0.15, 0.2) is 11.5 Å². The highest BCUT2D eigenvalue weighted by Crippen LogP contribution is 2.22. The average molecular weight is 361 g/mol. The van der Waals surface area contributed by atoms with E-state index in [-0.39, 0.29) is 6.04 Å². The summed E-state index contributed by atoms with van der Waals surface area (Å²) in [5.74, 6) is 3.35. The van der Waals surface area contributed by atoms with E-state index < -0.39 is 0 Å². The molecule has 1 N–H and O–H groups in total. The first-order chi connectivity index (χ1) is 13.3. The monoisotopic (exact) mass is 361 g/mol. The van der Waals surface area contributed by atoms with Crippen LogP contribution in [0, 0.1) is 0 Å². The summed E-state index contributed by atoms with van der Waals surface area (Å²) in [5, 5.41) is 25.2. The molecular formula is C18H19N9. The molecule has 0 bridgehead atoms. The van der Waals surface area contributed by atoms with E-state index in [0.717, 1.165) is 36.1 Å². The van der Waals surface area contributed by atoms with Gasteiger partial charge in [0.05, 0.1) is 6.04 Å². The van der Waals surface area contributed by atoms with Crippen molar-refractivity contribution in [3.05, 3.63) is 48.2 Å². The SMILES string of the molecule is CC(Nc1ccc2nnc(-c3ccccn3)n2n1)c1nnc2n1CCCC2. The molecule has 0 amide bonds. The maximum atomic E-state index is 4.66. The third-order valence-corrected chi connectivity index (χ3v) is 4.80. The largest absolute Gasteiger partial charge is 0.359 e. The fraction of sp³-hybridized carbons (Fsp3) is 0.333. The summed E-state index contributed by atoms with van der Waals surface area (Å²) in [6.45, 7) is 3.05. The highest BCUT2D eigenvalue weighted by Gasteiger charge is 2.20. The van der Waals surface area contributed by atoms with Crippen molar-refractivity contribution in [3.8, 4) is 11.5 Å². The van der Waals surface area contributed by atoms with Crippen molar-refractivity contribution in [3.63, 3.8) is 0 Å². The van der Waals surface area contributed by atoms with Crippen LogP contribution in [-0.4, -0.2) is 39.6 Å². The first-order valence-corrected chi connectivity index (χ1v) is 9.12. The second-order valence-corrected chi connectivity index (χ2v) is 6.68. The van der Waals surface area contributed by atoms with Crippen LogP contribution in [0.5, 0.6) is 0 Å². The third kappa shape index (κ3) is 2.80. The Labute approximate surface area is 155 Å². The summed E-state index contributed by atoms with van der Waals surface area (Å²) in [6.07, 6.45) is 5.08. The number of aryl methyl sites for hydroxylation is 1. The number of pyridine rings is 1. The van der Waals surface area contributed by atoms with Gasteiger partial charge in [-0.25, -0.2) is 0 Å². The van der Waals surface area contributed by atoms with Gasteiger partial charge in [-0.15, -0.1) is 25.5 Å². The first-order valence-electron chi connectivity index (χ1n) is 9.12. The van der Waals surface area contributed by atoms with E-state index in [4.69, 9.17) is 0 Å². The van der Waals surface area contributed by atoms with Crippen LogP contribution >= 0.6 is 0 Å². The molecule has 4 aromatic heterocycles. The number of nitrogens with one attached hydrogen (secondary N) is 1. The Bertz CT molecular complexity index is 1080. The number of rotatable bonds is 4. The maximum Gasteiger partial charge on any atom is 0.203 e. The minimum Gasteiger partial charge on any atom is -0.359 e. The van der Waals surface area contributed by atoms with Crippen molar-refractivity contribution < 1.29 is 0 Å². The molecule has 1 unspecified atom stereocenters. The van der Waals surface area contributed by atoms with E-state index in [0.29, 0.717) is 11.5 Å². The number of anilines is 1. The molecule has 27 heavy (non-hydrogen) atoms. The van der Waals surface area contributed by atoms with Crippen LogP contribution < -0.4 is 5.32 Å². The van der Waals surface area contributed by atoms with E-state index in [2.05, 4.69) is 47.3 Å². The third-order valence-electron chi connectivity index (χ3n) is 4.80. The highest BCUT2D eigenvalue weighted by molar-refractivity contribution is 5.55. The van der Waals surface area contributed by atoms with Crippen LogP contribution in [0.3, 0.4) is 0 Å². The van der Waals surface area contributed by atoms with Gasteiger partial charge in [0.2, 0.25) is 5.82 Å². The molecule has 0 radical (unpaired) electrons. The number of hydrogen-bond acceptors (Lipinski definition) is 7. The lowest BCUT2D eigenvalue weighted by atomic mass is 10.1. The maximum absolute atomic E-state index is 4.66. The molecule has 0 spiro atoms. The number of fused-ring (bicyclic) bond motifs is 2. The summed E-state index contributed by atoms with van der Waals surface area (Å²) in [6, 6.07) is 9.46. The zero-order valence-corrected chi connectivity index (χ0v) is 14.9. The molecule has 9 heteroatoms. The lowest BCUT2D eigenvalue weighted by Gasteiger charge is -2.19. The van der Waals surface area contributed by atoms with Crippen molar-refractivity contribution in [1.29, 1.82) is 0 Å². The molecule has 1 aliphatic heterocycles. The van der Waals surface area contributed by atoms with E-state index in [1.54, 1.807) is 10.7 Å². The Balaban J connectivity index is 1.46. The van der Waals surface area contributed by atoms with Crippen LogP contribution in [0.1, 0.15) is 37.5 Å². The van der Waals surface area contributed by atoms with Crippen molar-refractivity contribution in [2.24, 2.45) is 0 Å². The Morgan fingerprint density at radius 2 is 2.00 bits per heavy atom. The van der Waals surface area contributed by atoms with Gasteiger partial charge in [0, 0.05) is 19.2 Å². The van der Waals surface area contributed by atoms with E-state index in [9.17, 15) is 0 Å².